The van der Waals surface area contributed by atoms with Crippen molar-refractivity contribution < 1.29 is 29.7 Å². The standard InChI is InChI=1S/C24H24N2O6/c25-22(31)26-23(14-20(27)28,19-12-6-10-17-9-4-5-11-18(17)19)15-24(32,21(29)30)13-16-7-2-1-3-8-16/h1-12,32H,13-15H2,(H,27,28)(H,29,30)(H3,25,26,31)/t23?,24-/m0/s1. The number of nitrogens with two attached hydrogens (primary N) is 1. The highest BCUT2D eigenvalue weighted by atomic mass is 16.4. The number of primary amides is 1. The van der Waals surface area contributed by atoms with Crippen LogP contribution < -0.4 is 11.1 Å². The fraction of sp³-hybridized carbons (Fsp3) is 0.208. The quantitative estimate of drug-likeness (QED) is 0.348. The largest absolute Gasteiger partial charge is 0.481 e. The molecule has 2 amide bonds. The lowest BCUT2D eigenvalue weighted by molar-refractivity contribution is -0.162. The maximum atomic E-state index is 12.2. The highest BCUT2D eigenvalue weighted by molar-refractivity contribution is 5.89. The molecule has 0 spiro atoms. The molecular weight excluding hydrogens is 412 g/mol. The average molecular weight is 436 g/mol. The highest BCUT2D eigenvalue weighted by Crippen LogP contribution is 2.39. The zero-order valence-corrected chi connectivity index (χ0v) is 17.2. The van der Waals surface area contributed by atoms with Gasteiger partial charge < -0.3 is 26.4 Å². The van der Waals surface area contributed by atoms with Gasteiger partial charge in [0, 0.05) is 12.8 Å². The number of aliphatic carboxylic acids is 2. The fourth-order valence-corrected chi connectivity index (χ4v) is 4.19. The van der Waals surface area contributed by atoms with Crippen LogP contribution in [0.15, 0.2) is 72.8 Å². The van der Waals surface area contributed by atoms with Crippen molar-refractivity contribution in [3.8, 4) is 0 Å². The van der Waals surface area contributed by atoms with E-state index in [1.165, 1.54) is 0 Å². The number of hydrogen-bond donors (Lipinski definition) is 5. The zero-order valence-electron chi connectivity index (χ0n) is 17.2. The number of rotatable bonds is 9. The molecule has 2 atom stereocenters. The summed E-state index contributed by atoms with van der Waals surface area (Å²) in [4.78, 5) is 36.1. The Morgan fingerprint density at radius 2 is 1.50 bits per heavy atom. The minimum absolute atomic E-state index is 0.296. The smallest absolute Gasteiger partial charge is 0.336 e. The van der Waals surface area contributed by atoms with Gasteiger partial charge in [0.15, 0.2) is 5.60 Å². The first-order chi connectivity index (χ1) is 15.2. The Hall–Kier alpha value is -3.91. The summed E-state index contributed by atoms with van der Waals surface area (Å²) in [5.41, 5.74) is 2.12. The molecule has 0 saturated carbocycles. The fourth-order valence-electron chi connectivity index (χ4n) is 4.19. The Morgan fingerprint density at radius 1 is 0.875 bits per heavy atom. The number of aliphatic hydroxyl groups is 1. The lowest BCUT2D eigenvalue weighted by Gasteiger charge is -2.39. The lowest BCUT2D eigenvalue weighted by atomic mass is 9.73. The van der Waals surface area contributed by atoms with E-state index in [1.54, 1.807) is 60.7 Å². The monoisotopic (exact) mass is 436 g/mol. The molecule has 6 N–H and O–H groups in total. The second kappa shape index (κ2) is 9.07. The van der Waals surface area contributed by atoms with E-state index < -0.39 is 42.0 Å². The number of urea groups is 1. The molecular formula is C24H24N2O6. The van der Waals surface area contributed by atoms with Crippen molar-refractivity contribution in [2.45, 2.75) is 30.4 Å². The maximum absolute atomic E-state index is 12.2. The van der Waals surface area contributed by atoms with Crippen molar-refractivity contribution in [1.29, 1.82) is 0 Å². The van der Waals surface area contributed by atoms with E-state index in [0.717, 1.165) is 5.39 Å². The molecule has 8 heteroatoms. The van der Waals surface area contributed by atoms with Gasteiger partial charge in [0.25, 0.3) is 0 Å². The minimum Gasteiger partial charge on any atom is -0.481 e. The van der Waals surface area contributed by atoms with Crippen LogP contribution >= 0.6 is 0 Å². The molecule has 166 valence electrons. The van der Waals surface area contributed by atoms with E-state index in [0.29, 0.717) is 16.5 Å². The van der Waals surface area contributed by atoms with E-state index >= 15 is 0 Å². The Balaban J connectivity index is 2.21. The van der Waals surface area contributed by atoms with Crippen molar-refractivity contribution in [1.82, 2.24) is 5.32 Å². The first-order valence-corrected chi connectivity index (χ1v) is 9.93. The number of carbonyl (C=O) groups excluding carboxylic acids is 1. The normalized spacial score (nSPS) is 14.8. The van der Waals surface area contributed by atoms with Crippen LogP contribution in [0.25, 0.3) is 10.8 Å². The number of hydrogen-bond acceptors (Lipinski definition) is 4. The third-order valence-electron chi connectivity index (χ3n) is 5.45. The first kappa shape index (κ1) is 22.8. The van der Waals surface area contributed by atoms with Crippen LogP contribution in [0, 0.1) is 0 Å². The predicted octanol–water partition coefficient (Wildman–Crippen LogP) is 2.63. The number of carboxylic acid groups (broad SMARTS) is 2. The van der Waals surface area contributed by atoms with Crippen LogP contribution in [-0.4, -0.2) is 38.9 Å². The molecule has 0 aliphatic heterocycles. The van der Waals surface area contributed by atoms with Gasteiger partial charge in [-0.1, -0.05) is 72.8 Å². The van der Waals surface area contributed by atoms with Gasteiger partial charge >= 0.3 is 18.0 Å². The van der Waals surface area contributed by atoms with Gasteiger partial charge in [0.2, 0.25) is 0 Å². The van der Waals surface area contributed by atoms with Crippen molar-refractivity contribution in [3.63, 3.8) is 0 Å². The van der Waals surface area contributed by atoms with Gasteiger partial charge in [-0.05, 0) is 21.9 Å². The summed E-state index contributed by atoms with van der Waals surface area (Å²) >= 11 is 0. The molecule has 32 heavy (non-hydrogen) atoms. The minimum atomic E-state index is -2.39. The van der Waals surface area contributed by atoms with Gasteiger partial charge in [-0.2, -0.15) is 0 Å². The van der Waals surface area contributed by atoms with Crippen LogP contribution in [0.4, 0.5) is 4.79 Å². The van der Waals surface area contributed by atoms with Crippen LogP contribution in [0.3, 0.4) is 0 Å². The summed E-state index contributed by atoms with van der Waals surface area (Å²) in [6.07, 6.45) is -1.60. The van der Waals surface area contributed by atoms with Crippen LogP contribution in [0.2, 0.25) is 0 Å². The molecule has 3 aromatic carbocycles. The summed E-state index contributed by atoms with van der Waals surface area (Å²) in [6, 6.07) is 19.6. The van der Waals surface area contributed by atoms with Crippen molar-refractivity contribution >= 4 is 28.7 Å². The topological polar surface area (TPSA) is 150 Å². The molecule has 0 heterocycles. The molecule has 0 aliphatic carbocycles. The van der Waals surface area contributed by atoms with Gasteiger partial charge in [-0.25, -0.2) is 9.59 Å². The number of fused-ring (bicyclic) bond motifs is 1. The average Bonchev–Trinajstić information content (AvgIpc) is 2.72. The number of benzene rings is 3. The van der Waals surface area contributed by atoms with E-state index in [4.69, 9.17) is 5.73 Å². The number of carboxylic acids is 2. The molecule has 1 unspecified atom stereocenters. The number of nitrogens with one attached hydrogen (secondary N) is 1. The molecule has 0 saturated heterocycles. The molecule has 3 aromatic rings. The number of carbonyl (C=O) groups is 3. The van der Waals surface area contributed by atoms with Crippen molar-refractivity contribution in [3.05, 3.63) is 83.9 Å². The van der Waals surface area contributed by atoms with Gasteiger partial charge in [0.1, 0.15) is 0 Å². The van der Waals surface area contributed by atoms with Crippen molar-refractivity contribution in [2.75, 3.05) is 0 Å². The third-order valence-corrected chi connectivity index (χ3v) is 5.45. The van der Waals surface area contributed by atoms with Gasteiger partial charge in [-0.3, -0.25) is 4.79 Å². The molecule has 0 aromatic heterocycles. The molecule has 0 aliphatic rings. The Kier molecular flexibility index (Phi) is 6.45. The van der Waals surface area contributed by atoms with Crippen molar-refractivity contribution in [2.24, 2.45) is 5.73 Å². The molecule has 8 nitrogen and oxygen atoms in total. The Labute approximate surface area is 184 Å². The van der Waals surface area contributed by atoms with E-state index in [1.807, 2.05) is 12.1 Å². The summed E-state index contributed by atoms with van der Waals surface area (Å²) < 4.78 is 0. The first-order valence-electron chi connectivity index (χ1n) is 9.93. The summed E-state index contributed by atoms with van der Waals surface area (Å²) in [7, 11) is 0. The molecule has 0 bridgehead atoms. The molecule has 0 fully saturated rings. The maximum Gasteiger partial charge on any atom is 0.336 e. The van der Waals surface area contributed by atoms with E-state index in [9.17, 15) is 29.7 Å². The molecule has 0 radical (unpaired) electrons. The second-order valence-electron chi connectivity index (χ2n) is 7.84. The zero-order chi connectivity index (χ0) is 23.4. The lowest BCUT2D eigenvalue weighted by Crippen LogP contribution is -2.56. The summed E-state index contributed by atoms with van der Waals surface area (Å²) in [5, 5.41) is 34.7. The number of amides is 2. The van der Waals surface area contributed by atoms with Gasteiger partial charge in [0.05, 0.1) is 12.0 Å². The summed E-state index contributed by atoms with van der Waals surface area (Å²) in [6.45, 7) is 0. The third kappa shape index (κ3) is 4.87. The highest BCUT2D eigenvalue weighted by Gasteiger charge is 2.48. The molecule has 3 rings (SSSR count). The SMILES string of the molecule is NC(=O)NC(CC(=O)O)(C[C@@](O)(Cc1ccccc1)C(=O)O)c1cccc2ccccc12. The van der Waals surface area contributed by atoms with E-state index in [-0.39, 0.29) is 6.42 Å². The van der Waals surface area contributed by atoms with Crippen LogP contribution in [-0.2, 0) is 21.5 Å². The Morgan fingerprint density at radius 3 is 2.12 bits per heavy atom. The van der Waals surface area contributed by atoms with E-state index in [2.05, 4.69) is 5.32 Å². The van der Waals surface area contributed by atoms with Crippen LogP contribution in [0.5, 0.6) is 0 Å². The van der Waals surface area contributed by atoms with Crippen LogP contribution in [0.1, 0.15) is 24.0 Å². The second-order valence-corrected chi connectivity index (χ2v) is 7.84. The van der Waals surface area contributed by atoms with Gasteiger partial charge in [-0.15, -0.1) is 0 Å². The Bertz CT molecular complexity index is 1130. The summed E-state index contributed by atoms with van der Waals surface area (Å²) in [5.74, 6) is -2.83. The predicted molar refractivity (Wildman–Crippen MR) is 118 cm³/mol.